The molecule has 1 aliphatic carbocycles. The second-order valence-corrected chi connectivity index (χ2v) is 6.24. The fourth-order valence-corrected chi connectivity index (χ4v) is 3.54. The summed E-state index contributed by atoms with van der Waals surface area (Å²) in [6.45, 7) is 0. The molecule has 24 heavy (non-hydrogen) atoms. The van der Waals surface area contributed by atoms with E-state index in [0.29, 0.717) is 0 Å². The maximum Gasteiger partial charge on any atom is 0.292 e. The normalized spacial score (nSPS) is 16.3. The van der Waals surface area contributed by atoms with Crippen LogP contribution in [0.2, 0.25) is 0 Å². The average molecular weight is 324 g/mol. The van der Waals surface area contributed by atoms with Crippen LogP contribution in [0, 0.1) is 10.1 Å². The number of carbonyl (C=O) groups excluding carboxylic acids is 1. The van der Waals surface area contributed by atoms with Gasteiger partial charge < -0.3 is 5.32 Å². The molecule has 5 nitrogen and oxygen atoms in total. The summed E-state index contributed by atoms with van der Waals surface area (Å²) in [5, 5.41) is 14.0. The Hall–Kier alpha value is -2.69. The third-order valence-electron chi connectivity index (χ3n) is 4.82. The van der Waals surface area contributed by atoms with Crippen LogP contribution in [0.4, 0.5) is 11.4 Å². The molecule has 1 fully saturated rings. The average Bonchev–Trinajstić information content (AvgIpc) is 2.63. The van der Waals surface area contributed by atoms with Crippen molar-refractivity contribution in [1.29, 1.82) is 0 Å². The van der Waals surface area contributed by atoms with Gasteiger partial charge in [-0.15, -0.1) is 0 Å². The second-order valence-electron chi connectivity index (χ2n) is 6.24. The summed E-state index contributed by atoms with van der Waals surface area (Å²) in [5.74, 6) is -0.150. The van der Waals surface area contributed by atoms with Gasteiger partial charge in [0, 0.05) is 6.07 Å². The van der Waals surface area contributed by atoms with Crippen molar-refractivity contribution in [1.82, 2.24) is 0 Å². The highest BCUT2D eigenvalue weighted by molar-refractivity contribution is 6.00. The molecule has 0 saturated heterocycles. The number of rotatable bonds is 4. The number of nitrogens with one attached hydrogen (secondary N) is 1. The summed E-state index contributed by atoms with van der Waals surface area (Å²) >= 11 is 0. The molecule has 0 bridgehead atoms. The second kappa shape index (κ2) is 6.83. The van der Waals surface area contributed by atoms with Crippen molar-refractivity contribution < 1.29 is 9.72 Å². The number of nitro benzene ring substituents is 1. The van der Waals surface area contributed by atoms with E-state index < -0.39 is 10.3 Å². The molecule has 0 atom stereocenters. The molecule has 5 heteroatoms. The first-order chi connectivity index (χ1) is 11.6. The predicted octanol–water partition coefficient (Wildman–Crippen LogP) is 4.44. The molecule has 1 aliphatic rings. The maximum atomic E-state index is 13.1. The molecular weight excluding hydrogens is 304 g/mol. The molecule has 2 aromatic rings. The first-order valence-corrected chi connectivity index (χ1v) is 8.24. The van der Waals surface area contributed by atoms with Gasteiger partial charge in [0.2, 0.25) is 5.91 Å². The standard InChI is InChI=1S/C19H20N2O3/c22-18(20-16-11-5-6-12-17(16)21(23)24)19(13-7-2-8-14-19)15-9-3-1-4-10-15/h1,3-6,9-12H,2,7-8,13-14H2,(H,20,22). The van der Waals surface area contributed by atoms with Gasteiger partial charge in [0.15, 0.2) is 0 Å². The Morgan fingerprint density at radius 3 is 2.25 bits per heavy atom. The highest BCUT2D eigenvalue weighted by Crippen LogP contribution is 2.41. The van der Waals surface area contributed by atoms with E-state index in [9.17, 15) is 14.9 Å². The monoisotopic (exact) mass is 324 g/mol. The number of carbonyl (C=O) groups is 1. The summed E-state index contributed by atoms with van der Waals surface area (Å²) < 4.78 is 0. The van der Waals surface area contributed by atoms with E-state index in [1.807, 2.05) is 30.3 Å². The summed E-state index contributed by atoms with van der Waals surface area (Å²) in [6, 6.07) is 16.0. The van der Waals surface area contributed by atoms with E-state index in [4.69, 9.17) is 0 Å². The summed E-state index contributed by atoms with van der Waals surface area (Å²) in [4.78, 5) is 23.8. The van der Waals surface area contributed by atoms with Gasteiger partial charge in [-0.1, -0.05) is 61.7 Å². The third-order valence-corrected chi connectivity index (χ3v) is 4.82. The van der Waals surface area contributed by atoms with Crippen LogP contribution >= 0.6 is 0 Å². The Bertz CT molecular complexity index is 737. The molecule has 1 amide bonds. The Morgan fingerprint density at radius 1 is 0.958 bits per heavy atom. The van der Waals surface area contributed by atoms with Crippen LogP contribution in [0.5, 0.6) is 0 Å². The molecule has 0 unspecified atom stereocenters. The lowest BCUT2D eigenvalue weighted by Crippen LogP contribution is -2.42. The topological polar surface area (TPSA) is 72.2 Å². The number of para-hydroxylation sites is 2. The van der Waals surface area contributed by atoms with Crippen molar-refractivity contribution in [3.8, 4) is 0 Å². The number of anilines is 1. The van der Waals surface area contributed by atoms with E-state index in [1.165, 1.54) is 6.07 Å². The number of hydrogen-bond donors (Lipinski definition) is 1. The van der Waals surface area contributed by atoms with Crippen molar-refractivity contribution in [3.05, 3.63) is 70.3 Å². The van der Waals surface area contributed by atoms with Crippen molar-refractivity contribution in [2.24, 2.45) is 0 Å². The third kappa shape index (κ3) is 3.02. The van der Waals surface area contributed by atoms with Gasteiger partial charge in [0.1, 0.15) is 5.69 Å². The molecule has 2 aromatic carbocycles. The van der Waals surface area contributed by atoms with Gasteiger partial charge >= 0.3 is 0 Å². The van der Waals surface area contributed by atoms with Gasteiger partial charge in [-0.05, 0) is 24.5 Å². The zero-order valence-corrected chi connectivity index (χ0v) is 13.4. The minimum Gasteiger partial charge on any atom is -0.320 e. The van der Waals surface area contributed by atoms with E-state index in [2.05, 4.69) is 5.32 Å². The first kappa shape index (κ1) is 16.2. The lowest BCUT2D eigenvalue weighted by Gasteiger charge is -2.36. The minimum atomic E-state index is -0.608. The van der Waals surface area contributed by atoms with Gasteiger partial charge in [0.05, 0.1) is 10.3 Å². The summed E-state index contributed by atoms with van der Waals surface area (Å²) in [5.41, 5.74) is 0.558. The summed E-state index contributed by atoms with van der Waals surface area (Å²) in [6.07, 6.45) is 4.62. The Kier molecular flexibility index (Phi) is 4.60. The van der Waals surface area contributed by atoms with Crippen molar-refractivity contribution in [2.75, 3.05) is 5.32 Å². The SMILES string of the molecule is O=C(Nc1ccccc1[N+](=O)[O-])C1(c2ccccc2)CCCCC1. The highest BCUT2D eigenvalue weighted by Gasteiger charge is 2.41. The van der Waals surface area contributed by atoms with Crippen LogP contribution in [0.3, 0.4) is 0 Å². The highest BCUT2D eigenvalue weighted by atomic mass is 16.6. The predicted molar refractivity (Wildman–Crippen MR) is 92.9 cm³/mol. The molecule has 0 heterocycles. The molecule has 1 N–H and O–H groups in total. The smallest absolute Gasteiger partial charge is 0.292 e. The Balaban J connectivity index is 1.95. The van der Waals surface area contributed by atoms with E-state index in [-0.39, 0.29) is 17.3 Å². The number of benzene rings is 2. The molecule has 3 rings (SSSR count). The van der Waals surface area contributed by atoms with Gasteiger partial charge in [-0.2, -0.15) is 0 Å². The number of amides is 1. The maximum absolute atomic E-state index is 13.1. The molecule has 0 aliphatic heterocycles. The van der Waals surface area contributed by atoms with E-state index >= 15 is 0 Å². The molecular formula is C19H20N2O3. The molecule has 0 aromatic heterocycles. The number of nitrogens with zero attached hydrogens (tertiary/aromatic N) is 1. The van der Waals surface area contributed by atoms with Crippen LogP contribution in [0.15, 0.2) is 54.6 Å². The minimum absolute atomic E-state index is 0.0788. The molecule has 1 saturated carbocycles. The first-order valence-electron chi connectivity index (χ1n) is 8.24. The van der Waals surface area contributed by atoms with Crippen LogP contribution in [0.25, 0.3) is 0 Å². The fourth-order valence-electron chi connectivity index (χ4n) is 3.54. The summed E-state index contributed by atoms with van der Waals surface area (Å²) in [7, 11) is 0. The van der Waals surface area contributed by atoms with Crippen LogP contribution in [0.1, 0.15) is 37.7 Å². The Labute approximate surface area is 140 Å². The Morgan fingerprint density at radius 2 is 1.58 bits per heavy atom. The van der Waals surface area contributed by atoms with Gasteiger partial charge in [0.25, 0.3) is 5.69 Å². The van der Waals surface area contributed by atoms with Crippen LogP contribution in [-0.4, -0.2) is 10.8 Å². The van der Waals surface area contributed by atoms with Crippen LogP contribution in [-0.2, 0) is 10.2 Å². The van der Waals surface area contributed by atoms with Crippen molar-refractivity contribution in [3.63, 3.8) is 0 Å². The zero-order valence-electron chi connectivity index (χ0n) is 13.4. The van der Waals surface area contributed by atoms with Gasteiger partial charge in [-0.3, -0.25) is 14.9 Å². The van der Waals surface area contributed by atoms with E-state index in [1.54, 1.807) is 18.2 Å². The lowest BCUT2D eigenvalue weighted by molar-refractivity contribution is -0.383. The largest absolute Gasteiger partial charge is 0.320 e. The number of hydrogen-bond acceptors (Lipinski definition) is 3. The van der Waals surface area contributed by atoms with E-state index in [0.717, 1.165) is 37.7 Å². The fraction of sp³-hybridized carbons (Fsp3) is 0.316. The zero-order chi connectivity index (χ0) is 17.0. The lowest BCUT2D eigenvalue weighted by atomic mass is 9.68. The van der Waals surface area contributed by atoms with Crippen LogP contribution < -0.4 is 5.32 Å². The number of nitro groups is 1. The van der Waals surface area contributed by atoms with Crippen molar-refractivity contribution >= 4 is 17.3 Å². The molecule has 0 spiro atoms. The molecule has 0 radical (unpaired) electrons. The van der Waals surface area contributed by atoms with Crippen molar-refractivity contribution in [2.45, 2.75) is 37.5 Å². The molecule has 124 valence electrons. The quantitative estimate of drug-likeness (QED) is 0.667. The van der Waals surface area contributed by atoms with Gasteiger partial charge in [-0.25, -0.2) is 0 Å².